The predicted molar refractivity (Wildman–Crippen MR) is 130 cm³/mol. The molecule has 0 aliphatic carbocycles. The average Bonchev–Trinajstić information content (AvgIpc) is 3.16. The van der Waals surface area contributed by atoms with Crippen molar-refractivity contribution in [2.75, 3.05) is 6.61 Å². The van der Waals surface area contributed by atoms with Gasteiger partial charge in [0.15, 0.2) is 6.29 Å². The quantitative estimate of drug-likeness (QED) is 0.207. The van der Waals surface area contributed by atoms with Crippen LogP contribution in [0, 0.1) is 0 Å². The fourth-order valence-electron chi connectivity index (χ4n) is 4.05. The number of hydrogen-bond donors (Lipinski definition) is 1. The summed E-state index contributed by atoms with van der Waals surface area (Å²) in [6, 6.07) is 33.6. The van der Waals surface area contributed by atoms with Crippen LogP contribution in [0.25, 0.3) is 11.1 Å². The van der Waals surface area contributed by atoms with Crippen molar-refractivity contribution in [1.29, 1.82) is 0 Å². The third kappa shape index (κ3) is 4.12. The molecule has 0 spiro atoms. The molecule has 0 N–H and O–H groups in total. The molecule has 162 valence electrons. The molecule has 1 unspecified atom stereocenters. The van der Waals surface area contributed by atoms with Crippen molar-refractivity contribution in [3.63, 3.8) is 0 Å². The monoisotopic (exact) mass is 442 g/mol. The number of benzene rings is 4. The Morgan fingerprint density at radius 2 is 1.16 bits per heavy atom. The van der Waals surface area contributed by atoms with Crippen LogP contribution < -0.4 is 9.47 Å². The van der Waals surface area contributed by atoms with E-state index in [1.165, 1.54) is 25.8 Å². The van der Waals surface area contributed by atoms with E-state index in [-0.39, 0.29) is 6.29 Å². The maximum atomic E-state index is 6.06. The van der Waals surface area contributed by atoms with Crippen LogP contribution in [0.2, 0.25) is 0 Å². The zero-order valence-electron chi connectivity index (χ0n) is 18.2. The molecule has 0 fully saturated rings. The van der Waals surface area contributed by atoms with E-state index in [0.717, 1.165) is 17.2 Å². The van der Waals surface area contributed by atoms with Crippen LogP contribution in [0.15, 0.2) is 112 Å². The predicted octanol–water partition coefficient (Wildman–Crippen LogP) is 7.70. The summed E-state index contributed by atoms with van der Waals surface area (Å²) < 4.78 is 17.2. The van der Waals surface area contributed by atoms with Gasteiger partial charge in [0.2, 0.25) is 0 Å². The lowest BCUT2D eigenvalue weighted by molar-refractivity contribution is -0.0613. The summed E-state index contributed by atoms with van der Waals surface area (Å²) in [4.78, 5) is 4.18. The molecule has 1 aliphatic heterocycles. The molecule has 0 saturated heterocycles. The van der Waals surface area contributed by atoms with Gasteiger partial charge in [-0.3, -0.25) is 0 Å². The Kier molecular flexibility index (Phi) is 5.89. The minimum atomic E-state index is -0.544. The lowest BCUT2D eigenvalue weighted by atomic mass is 10.1. The highest BCUT2D eigenvalue weighted by atomic mass is 32.2. The first-order valence-electron chi connectivity index (χ1n) is 10.9. The second-order valence-corrected chi connectivity index (χ2v) is 9.73. The summed E-state index contributed by atoms with van der Waals surface area (Å²) in [7, 11) is -0.544. The van der Waals surface area contributed by atoms with E-state index in [2.05, 4.69) is 72.8 Å². The smallest absolute Gasteiger partial charge is 0.196 e. The number of thiol groups is 1. The van der Waals surface area contributed by atoms with Gasteiger partial charge in [0.05, 0.1) is 0 Å². The van der Waals surface area contributed by atoms with Gasteiger partial charge in [-0.2, -0.15) is 10.9 Å². The maximum absolute atomic E-state index is 6.06. The molecule has 1 atom stereocenters. The van der Waals surface area contributed by atoms with Gasteiger partial charge in [0.1, 0.15) is 17.2 Å². The van der Waals surface area contributed by atoms with Crippen LogP contribution in [-0.4, -0.2) is 12.9 Å². The van der Waals surface area contributed by atoms with Crippen LogP contribution in [0.1, 0.15) is 13.8 Å². The van der Waals surface area contributed by atoms with Gasteiger partial charge in [-0.05, 0) is 90.5 Å². The average molecular weight is 443 g/mol. The van der Waals surface area contributed by atoms with Crippen molar-refractivity contribution in [2.24, 2.45) is 0 Å². The zero-order valence-corrected chi connectivity index (χ0v) is 19.1. The lowest BCUT2D eigenvalue weighted by Gasteiger charge is -2.19. The molecular formula is C28H26O3S. The van der Waals surface area contributed by atoms with Crippen molar-refractivity contribution >= 4 is 10.9 Å². The molecule has 4 heteroatoms. The topological polar surface area (TPSA) is 27.7 Å². The van der Waals surface area contributed by atoms with Crippen LogP contribution in [0.5, 0.6) is 17.2 Å². The summed E-state index contributed by atoms with van der Waals surface area (Å²) in [5.74, 6) is 2.35. The fourth-order valence-corrected chi connectivity index (χ4v) is 6.65. The first-order chi connectivity index (χ1) is 15.7. The van der Waals surface area contributed by atoms with Crippen molar-refractivity contribution in [2.45, 2.75) is 34.8 Å². The van der Waals surface area contributed by atoms with Crippen molar-refractivity contribution < 1.29 is 14.2 Å². The van der Waals surface area contributed by atoms with Gasteiger partial charge in [0.25, 0.3) is 0 Å². The van der Waals surface area contributed by atoms with E-state index in [1.54, 1.807) is 0 Å². The van der Waals surface area contributed by atoms with E-state index >= 15 is 0 Å². The standard InChI is InChI=1S/C28H26O3S/c1-3-29-20(2)30-21-12-14-22(15-13-21)31-23-16-18-24(19-17-23)32-27-10-6-4-8-25(27)26-9-5-7-11-28(26)32/h4-20,32H,3H2,1-2H3. The van der Waals surface area contributed by atoms with E-state index in [4.69, 9.17) is 14.2 Å². The largest absolute Gasteiger partial charge is 0.465 e. The number of hydrogen-bond acceptors (Lipinski definition) is 3. The minimum absolute atomic E-state index is 0.271. The molecule has 0 saturated carbocycles. The zero-order chi connectivity index (χ0) is 21.9. The molecule has 4 aromatic carbocycles. The van der Waals surface area contributed by atoms with Gasteiger partial charge < -0.3 is 14.2 Å². The summed E-state index contributed by atoms with van der Waals surface area (Å²) in [6.07, 6.45) is -0.271. The molecule has 5 rings (SSSR count). The Labute approximate surface area is 191 Å². The molecule has 1 aliphatic rings. The second kappa shape index (κ2) is 9.11. The Hall–Kier alpha value is -3.21. The molecule has 4 aromatic rings. The Morgan fingerprint density at radius 3 is 1.72 bits per heavy atom. The van der Waals surface area contributed by atoms with Crippen LogP contribution in [0.4, 0.5) is 0 Å². The van der Waals surface area contributed by atoms with E-state index in [1.807, 2.05) is 38.1 Å². The van der Waals surface area contributed by atoms with Crippen molar-refractivity contribution in [3.8, 4) is 28.4 Å². The molecule has 1 heterocycles. The van der Waals surface area contributed by atoms with Crippen molar-refractivity contribution in [3.05, 3.63) is 97.1 Å². The number of rotatable bonds is 7. The fraction of sp³-hybridized carbons (Fsp3) is 0.143. The highest BCUT2D eigenvalue weighted by molar-refractivity contribution is 8.17. The van der Waals surface area contributed by atoms with Gasteiger partial charge in [0, 0.05) is 16.4 Å². The lowest BCUT2D eigenvalue weighted by Crippen LogP contribution is -2.15. The second-order valence-electron chi connectivity index (χ2n) is 7.58. The van der Waals surface area contributed by atoms with E-state index < -0.39 is 10.9 Å². The van der Waals surface area contributed by atoms with Gasteiger partial charge in [-0.15, -0.1) is 0 Å². The Bertz CT molecular complexity index is 1160. The first-order valence-corrected chi connectivity index (χ1v) is 12.2. The Morgan fingerprint density at radius 1 is 0.656 bits per heavy atom. The third-order valence-electron chi connectivity index (χ3n) is 5.44. The number of ether oxygens (including phenoxy) is 3. The normalized spacial score (nSPS) is 13.9. The molecule has 0 radical (unpaired) electrons. The van der Waals surface area contributed by atoms with Gasteiger partial charge in [-0.1, -0.05) is 36.4 Å². The van der Waals surface area contributed by atoms with Gasteiger partial charge in [-0.25, -0.2) is 0 Å². The van der Waals surface area contributed by atoms with Crippen LogP contribution in [0.3, 0.4) is 0 Å². The van der Waals surface area contributed by atoms with Crippen molar-refractivity contribution in [1.82, 2.24) is 0 Å². The van der Waals surface area contributed by atoms with Crippen LogP contribution in [-0.2, 0) is 4.74 Å². The summed E-state index contributed by atoms with van der Waals surface area (Å²) >= 11 is 0. The first kappa shape index (κ1) is 20.7. The van der Waals surface area contributed by atoms with Crippen LogP contribution >= 0.6 is 10.9 Å². The molecule has 0 bridgehead atoms. The van der Waals surface area contributed by atoms with Gasteiger partial charge >= 0.3 is 0 Å². The Balaban J connectivity index is 1.33. The summed E-state index contributed by atoms with van der Waals surface area (Å²) in [6.45, 7) is 4.46. The molecular weight excluding hydrogens is 416 g/mol. The molecule has 3 nitrogen and oxygen atoms in total. The summed E-state index contributed by atoms with van der Waals surface area (Å²) in [5, 5.41) is 0. The molecule has 0 aromatic heterocycles. The SMILES string of the molecule is CCOC(C)Oc1ccc(Oc2ccc([SH]3c4ccccc4-c4ccccc43)cc2)cc1. The number of fused-ring (bicyclic) bond motifs is 3. The third-order valence-corrected chi connectivity index (χ3v) is 8.00. The maximum Gasteiger partial charge on any atom is 0.196 e. The highest BCUT2D eigenvalue weighted by Gasteiger charge is 2.26. The highest BCUT2D eigenvalue weighted by Crippen LogP contribution is 2.62. The molecule has 32 heavy (non-hydrogen) atoms. The summed E-state index contributed by atoms with van der Waals surface area (Å²) in [5.41, 5.74) is 2.71. The minimum Gasteiger partial charge on any atom is -0.465 e. The van der Waals surface area contributed by atoms with E-state index in [0.29, 0.717) is 6.61 Å². The van der Waals surface area contributed by atoms with E-state index in [9.17, 15) is 0 Å². The molecule has 0 amide bonds.